The normalized spacial score (nSPS) is 13.9. The SMILES string of the molecule is CC[C@H](Oc1ccc(C)cc1C)C(=O)Nc1ccc2c(c1)OCCO2. The molecule has 5 heteroatoms. The van der Waals surface area contributed by atoms with E-state index in [0.29, 0.717) is 36.8 Å². The monoisotopic (exact) mass is 341 g/mol. The number of ether oxygens (including phenoxy) is 3. The Morgan fingerprint density at radius 3 is 2.60 bits per heavy atom. The fourth-order valence-electron chi connectivity index (χ4n) is 2.75. The molecule has 0 fully saturated rings. The highest BCUT2D eigenvalue weighted by atomic mass is 16.6. The van der Waals surface area contributed by atoms with E-state index in [0.717, 1.165) is 11.3 Å². The molecule has 1 aliphatic heterocycles. The third-order valence-corrected chi connectivity index (χ3v) is 4.07. The molecule has 2 aromatic carbocycles. The van der Waals surface area contributed by atoms with Gasteiger partial charge in [-0.1, -0.05) is 24.6 Å². The molecule has 0 radical (unpaired) electrons. The van der Waals surface area contributed by atoms with Crippen LogP contribution in [0, 0.1) is 13.8 Å². The van der Waals surface area contributed by atoms with Crippen molar-refractivity contribution in [2.24, 2.45) is 0 Å². The van der Waals surface area contributed by atoms with E-state index in [1.165, 1.54) is 5.56 Å². The molecular weight excluding hydrogens is 318 g/mol. The maximum absolute atomic E-state index is 12.6. The summed E-state index contributed by atoms with van der Waals surface area (Å²) >= 11 is 0. The van der Waals surface area contributed by atoms with Crippen LogP contribution < -0.4 is 19.5 Å². The molecule has 2 aromatic rings. The Kier molecular flexibility index (Phi) is 5.12. The van der Waals surface area contributed by atoms with Gasteiger partial charge in [0.2, 0.25) is 0 Å². The number of carbonyl (C=O) groups is 1. The third-order valence-electron chi connectivity index (χ3n) is 4.07. The second-order valence-electron chi connectivity index (χ2n) is 6.13. The lowest BCUT2D eigenvalue weighted by Crippen LogP contribution is -2.32. The number of amides is 1. The van der Waals surface area contributed by atoms with Crippen LogP contribution in [0.15, 0.2) is 36.4 Å². The molecule has 1 atom stereocenters. The van der Waals surface area contributed by atoms with Crippen molar-refractivity contribution in [2.45, 2.75) is 33.3 Å². The molecule has 0 spiro atoms. The number of rotatable bonds is 5. The maximum atomic E-state index is 12.6. The van der Waals surface area contributed by atoms with Crippen molar-refractivity contribution in [2.75, 3.05) is 18.5 Å². The van der Waals surface area contributed by atoms with E-state index in [1.54, 1.807) is 18.2 Å². The molecule has 1 N–H and O–H groups in total. The minimum Gasteiger partial charge on any atom is -0.486 e. The minimum absolute atomic E-state index is 0.181. The smallest absolute Gasteiger partial charge is 0.265 e. The molecule has 3 rings (SSSR count). The lowest BCUT2D eigenvalue weighted by molar-refractivity contribution is -0.122. The van der Waals surface area contributed by atoms with E-state index >= 15 is 0 Å². The first-order valence-corrected chi connectivity index (χ1v) is 8.51. The zero-order valence-electron chi connectivity index (χ0n) is 14.8. The number of hydrogen-bond donors (Lipinski definition) is 1. The predicted molar refractivity (Wildman–Crippen MR) is 96.7 cm³/mol. The summed E-state index contributed by atoms with van der Waals surface area (Å²) in [5, 5.41) is 2.89. The molecule has 0 saturated heterocycles. The summed E-state index contributed by atoms with van der Waals surface area (Å²) in [7, 11) is 0. The number of anilines is 1. The first-order chi connectivity index (χ1) is 12.1. The number of hydrogen-bond acceptors (Lipinski definition) is 4. The van der Waals surface area contributed by atoms with Crippen LogP contribution in [0.5, 0.6) is 17.2 Å². The van der Waals surface area contributed by atoms with Gasteiger partial charge in [-0.2, -0.15) is 0 Å². The Labute approximate surface area is 147 Å². The van der Waals surface area contributed by atoms with Gasteiger partial charge in [0.1, 0.15) is 19.0 Å². The first kappa shape index (κ1) is 17.1. The van der Waals surface area contributed by atoms with Crippen molar-refractivity contribution in [1.82, 2.24) is 0 Å². The standard InChI is InChI=1S/C20H23NO4/c1-4-16(25-17-7-5-13(2)11-14(17)3)20(22)21-15-6-8-18-19(12-15)24-10-9-23-18/h5-8,11-12,16H,4,9-10H2,1-3H3,(H,21,22)/t16-/m0/s1. The summed E-state index contributed by atoms with van der Waals surface area (Å²) in [5.41, 5.74) is 2.85. The highest BCUT2D eigenvalue weighted by molar-refractivity contribution is 5.94. The lowest BCUT2D eigenvalue weighted by Gasteiger charge is -2.21. The fraction of sp³-hybridized carbons (Fsp3) is 0.350. The maximum Gasteiger partial charge on any atom is 0.265 e. The Morgan fingerprint density at radius 1 is 1.12 bits per heavy atom. The largest absolute Gasteiger partial charge is 0.486 e. The average Bonchev–Trinajstić information content (AvgIpc) is 2.61. The van der Waals surface area contributed by atoms with Crippen LogP contribution in [0.3, 0.4) is 0 Å². The number of fused-ring (bicyclic) bond motifs is 1. The van der Waals surface area contributed by atoms with E-state index < -0.39 is 6.10 Å². The van der Waals surface area contributed by atoms with Crippen LogP contribution in [0.2, 0.25) is 0 Å². The van der Waals surface area contributed by atoms with Crippen LogP contribution in [0.25, 0.3) is 0 Å². The lowest BCUT2D eigenvalue weighted by atomic mass is 10.1. The highest BCUT2D eigenvalue weighted by Gasteiger charge is 2.20. The van der Waals surface area contributed by atoms with Gasteiger partial charge in [0.15, 0.2) is 17.6 Å². The molecule has 1 amide bonds. The second kappa shape index (κ2) is 7.47. The highest BCUT2D eigenvalue weighted by Crippen LogP contribution is 2.32. The van der Waals surface area contributed by atoms with E-state index in [9.17, 15) is 4.79 Å². The van der Waals surface area contributed by atoms with Crippen molar-refractivity contribution in [1.29, 1.82) is 0 Å². The Morgan fingerprint density at radius 2 is 1.88 bits per heavy atom. The third kappa shape index (κ3) is 4.05. The van der Waals surface area contributed by atoms with Gasteiger partial charge < -0.3 is 19.5 Å². The van der Waals surface area contributed by atoms with Crippen molar-refractivity contribution in [3.05, 3.63) is 47.5 Å². The van der Waals surface area contributed by atoms with Gasteiger partial charge in [0.25, 0.3) is 5.91 Å². The van der Waals surface area contributed by atoms with Crippen LogP contribution in [0.1, 0.15) is 24.5 Å². The van der Waals surface area contributed by atoms with Gasteiger partial charge in [0, 0.05) is 11.8 Å². The van der Waals surface area contributed by atoms with Crippen molar-refractivity contribution in [3.8, 4) is 17.2 Å². The average molecular weight is 341 g/mol. The van der Waals surface area contributed by atoms with E-state index in [2.05, 4.69) is 5.32 Å². The summed E-state index contributed by atoms with van der Waals surface area (Å²) in [6.45, 7) is 6.99. The molecule has 0 aromatic heterocycles. The molecule has 1 aliphatic rings. The summed E-state index contributed by atoms with van der Waals surface area (Å²) < 4.78 is 17.0. The zero-order chi connectivity index (χ0) is 17.8. The zero-order valence-corrected chi connectivity index (χ0v) is 14.8. The molecule has 0 bridgehead atoms. The van der Waals surface area contributed by atoms with Gasteiger partial charge in [-0.25, -0.2) is 0 Å². The summed E-state index contributed by atoms with van der Waals surface area (Å²) in [6, 6.07) is 11.3. The van der Waals surface area contributed by atoms with Gasteiger partial charge in [-0.3, -0.25) is 4.79 Å². The Hall–Kier alpha value is -2.69. The van der Waals surface area contributed by atoms with Gasteiger partial charge >= 0.3 is 0 Å². The molecule has 25 heavy (non-hydrogen) atoms. The second-order valence-corrected chi connectivity index (χ2v) is 6.13. The predicted octanol–water partition coefficient (Wildman–Crippen LogP) is 3.87. The van der Waals surface area contributed by atoms with E-state index in [4.69, 9.17) is 14.2 Å². The Bertz CT molecular complexity index is 772. The van der Waals surface area contributed by atoms with E-state index in [1.807, 2.05) is 39.0 Å². The number of nitrogens with one attached hydrogen (secondary N) is 1. The molecule has 0 saturated carbocycles. The van der Waals surface area contributed by atoms with Crippen molar-refractivity contribution in [3.63, 3.8) is 0 Å². The van der Waals surface area contributed by atoms with Crippen LogP contribution in [-0.4, -0.2) is 25.2 Å². The molecule has 5 nitrogen and oxygen atoms in total. The molecule has 132 valence electrons. The summed E-state index contributed by atoms with van der Waals surface area (Å²) in [4.78, 5) is 12.6. The summed E-state index contributed by atoms with van der Waals surface area (Å²) in [5.74, 6) is 1.89. The molecular formula is C20H23NO4. The number of aryl methyl sites for hydroxylation is 2. The van der Waals surface area contributed by atoms with E-state index in [-0.39, 0.29) is 5.91 Å². The van der Waals surface area contributed by atoms with Crippen LogP contribution in [-0.2, 0) is 4.79 Å². The number of carbonyl (C=O) groups excluding carboxylic acids is 1. The fourth-order valence-corrected chi connectivity index (χ4v) is 2.75. The molecule has 0 aliphatic carbocycles. The quantitative estimate of drug-likeness (QED) is 0.897. The topological polar surface area (TPSA) is 56.8 Å². The first-order valence-electron chi connectivity index (χ1n) is 8.51. The van der Waals surface area contributed by atoms with Crippen LogP contribution in [0.4, 0.5) is 5.69 Å². The van der Waals surface area contributed by atoms with Crippen LogP contribution >= 0.6 is 0 Å². The van der Waals surface area contributed by atoms with Gasteiger partial charge in [-0.05, 0) is 44.0 Å². The Balaban J connectivity index is 1.70. The van der Waals surface area contributed by atoms with Gasteiger partial charge in [0.05, 0.1) is 0 Å². The van der Waals surface area contributed by atoms with Crippen molar-refractivity contribution < 1.29 is 19.0 Å². The number of benzene rings is 2. The molecule has 1 heterocycles. The summed E-state index contributed by atoms with van der Waals surface area (Å²) in [6.07, 6.45) is 0.0126. The van der Waals surface area contributed by atoms with Gasteiger partial charge in [-0.15, -0.1) is 0 Å². The van der Waals surface area contributed by atoms with Crippen molar-refractivity contribution >= 4 is 11.6 Å². The molecule has 0 unspecified atom stereocenters. The minimum atomic E-state index is -0.561.